The molecule has 66 valence electrons. The van der Waals surface area contributed by atoms with E-state index in [1.807, 2.05) is 18.2 Å². The van der Waals surface area contributed by atoms with Crippen LogP contribution in [0.2, 0.25) is 0 Å². The van der Waals surface area contributed by atoms with Crippen LogP contribution < -0.4 is 5.32 Å². The molecule has 0 bridgehead atoms. The lowest BCUT2D eigenvalue weighted by atomic mass is 10.0. The number of rotatable bonds is 1. The molecular weight excluding hydrogens is 160 g/mol. The summed E-state index contributed by atoms with van der Waals surface area (Å²) in [5.41, 5.74) is 1.29. The molecule has 0 aliphatic carbocycles. The highest BCUT2D eigenvalue weighted by molar-refractivity contribution is 5.20. The van der Waals surface area contributed by atoms with Crippen molar-refractivity contribution in [2.75, 3.05) is 6.54 Å². The predicted octanol–water partition coefficient (Wildman–Crippen LogP) is 1.86. The van der Waals surface area contributed by atoms with Gasteiger partial charge in [0.2, 0.25) is 0 Å². The van der Waals surface area contributed by atoms with Gasteiger partial charge in [0.25, 0.3) is 0 Å². The second-order valence-electron chi connectivity index (χ2n) is 3.43. The molecule has 1 N–H and O–H groups in total. The maximum absolute atomic E-state index is 8.74. The topological polar surface area (TPSA) is 35.8 Å². The third kappa shape index (κ3) is 1.71. The molecule has 2 atom stereocenters. The van der Waals surface area contributed by atoms with Gasteiger partial charge in [-0.2, -0.15) is 5.26 Å². The summed E-state index contributed by atoms with van der Waals surface area (Å²) < 4.78 is 0. The van der Waals surface area contributed by atoms with Gasteiger partial charge >= 0.3 is 0 Å². The Bertz CT molecular complexity index is 313. The van der Waals surface area contributed by atoms with E-state index < -0.39 is 0 Å². The van der Waals surface area contributed by atoms with Gasteiger partial charge in [0.1, 0.15) is 0 Å². The van der Waals surface area contributed by atoms with Crippen molar-refractivity contribution in [1.82, 2.24) is 5.32 Å². The molecule has 0 aromatic heterocycles. The molecule has 1 fully saturated rings. The summed E-state index contributed by atoms with van der Waals surface area (Å²) >= 11 is 0. The molecule has 1 aromatic rings. The van der Waals surface area contributed by atoms with Crippen LogP contribution in [0.4, 0.5) is 0 Å². The number of nitrogens with zero attached hydrogens (tertiary/aromatic N) is 1. The molecule has 2 heteroatoms. The summed E-state index contributed by atoms with van der Waals surface area (Å²) in [7, 11) is 0. The zero-order valence-electron chi connectivity index (χ0n) is 7.40. The molecule has 0 unspecified atom stereocenters. The third-order valence-corrected chi connectivity index (χ3v) is 2.52. The molecule has 13 heavy (non-hydrogen) atoms. The molecule has 2 nitrogen and oxygen atoms in total. The van der Waals surface area contributed by atoms with Crippen molar-refractivity contribution < 1.29 is 0 Å². The average molecular weight is 172 g/mol. The van der Waals surface area contributed by atoms with E-state index >= 15 is 0 Å². The lowest BCUT2D eigenvalue weighted by Gasteiger charge is -2.08. The Morgan fingerprint density at radius 1 is 1.31 bits per heavy atom. The average Bonchev–Trinajstić information content (AvgIpc) is 2.67. The zero-order chi connectivity index (χ0) is 9.10. The van der Waals surface area contributed by atoms with E-state index in [0.29, 0.717) is 6.04 Å². The first-order chi connectivity index (χ1) is 6.40. The summed E-state index contributed by atoms with van der Waals surface area (Å²) in [6.45, 7) is 0.829. The second-order valence-corrected chi connectivity index (χ2v) is 3.43. The molecule has 1 saturated heterocycles. The van der Waals surface area contributed by atoms with Gasteiger partial charge in [-0.15, -0.1) is 0 Å². The molecular formula is C11H12N2. The van der Waals surface area contributed by atoms with Crippen LogP contribution in [0, 0.1) is 17.2 Å². The highest BCUT2D eigenvalue weighted by Crippen LogP contribution is 2.26. The molecule has 1 aliphatic heterocycles. The van der Waals surface area contributed by atoms with E-state index in [4.69, 9.17) is 5.26 Å². The molecule has 0 saturated carbocycles. The number of benzene rings is 1. The van der Waals surface area contributed by atoms with Crippen LogP contribution in [0.15, 0.2) is 30.3 Å². The van der Waals surface area contributed by atoms with Crippen molar-refractivity contribution in [2.45, 2.75) is 12.5 Å². The monoisotopic (exact) mass is 172 g/mol. The van der Waals surface area contributed by atoms with Crippen LogP contribution in [0.25, 0.3) is 0 Å². The largest absolute Gasteiger partial charge is 0.309 e. The Balaban J connectivity index is 2.09. The van der Waals surface area contributed by atoms with E-state index in [9.17, 15) is 0 Å². The quantitative estimate of drug-likeness (QED) is 0.701. The maximum atomic E-state index is 8.74. The van der Waals surface area contributed by atoms with E-state index in [1.54, 1.807) is 0 Å². The maximum Gasteiger partial charge on any atom is 0.0669 e. The zero-order valence-corrected chi connectivity index (χ0v) is 7.40. The van der Waals surface area contributed by atoms with Gasteiger partial charge in [-0.25, -0.2) is 0 Å². The van der Waals surface area contributed by atoms with Crippen molar-refractivity contribution in [3.63, 3.8) is 0 Å². The lowest BCUT2D eigenvalue weighted by molar-refractivity contribution is 0.639. The van der Waals surface area contributed by atoms with Gasteiger partial charge in [-0.1, -0.05) is 30.3 Å². The highest BCUT2D eigenvalue weighted by Gasteiger charge is 2.24. The minimum atomic E-state index is 0.185. The van der Waals surface area contributed by atoms with E-state index in [1.165, 1.54) is 5.56 Å². The van der Waals surface area contributed by atoms with Crippen LogP contribution in [-0.2, 0) is 0 Å². The van der Waals surface area contributed by atoms with Gasteiger partial charge in [0, 0.05) is 12.6 Å². The molecule has 1 aromatic carbocycles. The molecule has 1 heterocycles. The van der Waals surface area contributed by atoms with E-state index in [2.05, 4.69) is 23.5 Å². The number of hydrogen-bond acceptors (Lipinski definition) is 2. The van der Waals surface area contributed by atoms with Crippen LogP contribution >= 0.6 is 0 Å². The SMILES string of the molecule is N#C[C@H]1CN[C@@H](c2ccccc2)C1. The first-order valence-corrected chi connectivity index (χ1v) is 4.58. The summed E-state index contributed by atoms with van der Waals surface area (Å²) in [5, 5.41) is 12.1. The minimum absolute atomic E-state index is 0.185. The molecule has 0 amide bonds. The molecule has 2 rings (SSSR count). The Morgan fingerprint density at radius 3 is 2.69 bits per heavy atom. The first-order valence-electron chi connectivity index (χ1n) is 4.58. The van der Waals surface area contributed by atoms with Gasteiger partial charge in [-0.3, -0.25) is 0 Å². The van der Waals surface area contributed by atoms with Gasteiger partial charge in [0.05, 0.1) is 12.0 Å². The predicted molar refractivity (Wildman–Crippen MR) is 50.9 cm³/mol. The standard InChI is InChI=1S/C11H12N2/c12-7-9-6-11(13-8-9)10-4-2-1-3-5-10/h1-5,9,11,13H,6,8H2/t9-,11+/m0/s1. The Kier molecular flexibility index (Phi) is 2.29. The van der Waals surface area contributed by atoms with Gasteiger partial charge < -0.3 is 5.32 Å². The first kappa shape index (κ1) is 8.28. The number of nitrogens with one attached hydrogen (secondary N) is 1. The van der Waals surface area contributed by atoms with Crippen molar-refractivity contribution in [3.8, 4) is 6.07 Å². The summed E-state index contributed by atoms with van der Waals surface area (Å²) in [5.74, 6) is 0.185. The Labute approximate surface area is 78.2 Å². The fraction of sp³-hybridized carbons (Fsp3) is 0.364. The Morgan fingerprint density at radius 2 is 2.08 bits per heavy atom. The van der Waals surface area contributed by atoms with Crippen LogP contribution in [-0.4, -0.2) is 6.54 Å². The third-order valence-electron chi connectivity index (χ3n) is 2.52. The van der Waals surface area contributed by atoms with Crippen molar-refractivity contribution in [1.29, 1.82) is 5.26 Å². The van der Waals surface area contributed by atoms with Gasteiger partial charge in [-0.05, 0) is 12.0 Å². The number of nitriles is 1. The normalized spacial score (nSPS) is 27.0. The smallest absolute Gasteiger partial charge is 0.0669 e. The highest BCUT2D eigenvalue weighted by atomic mass is 14.9. The fourth-order valence-corrected chi connectivity index (χ4v) is 1.77. The molecule has 0 spiro atoms. The summed E-state index contributed by atoms with van der Waals surface area (Å²) in [6.07, 6.45) is 0.945. The van der Waals surface area contributed by atoms with E-state index in [0.717, 1.165) is 13.0 Å². The van der Waals surface area contributed by atoms with E-state index in [-0.39, 0.29) is 5.92 Å². The summed E-state index contributed by atoms with van der Waals surface area (Å²) in [4.78, 5) is 0. The van der Waals surface area contributed by atoms with Crippen molar-refractivity contribution in [3.05, 3.63) is 35.9 Å². The van der Waals surface area contributed by atoms with Gasteiger partial charge in [0.15, 0.2) is 0 Å². The van der Waals surface area contributed by atoms with Crippen LogP contribution in [0.5, 0.6) is 0 Å². The molecule has 0 radical (unpaired) electrons. The van der Waals surface area contributed by atoms with Crippen molar-refractivity contribution in [2.24, 2.45) is 5.92 Å². The summed E-state index contributed by atoms with van der Waals surface area (Å²) in [6, 6.07) is 13.0. The van der Waals surface area contributed by atoms with Crippen LogP contribution in [0.3, 0.4) is 0 Å². The lowest BCUT2D eigenvalue weighted by Crippen LogP contribution is -2.13. The second kappa shape index (κ2) is 3.59. The fourth-order valence-electron chi connectivity index (χ4n) is 1.77. The minimum Gasteiger partial charge on any atom is -0.309 e. The number of hydrogen-bond donors (Lipinski definition) is 1. The molecule has 1 aliphatic rings. The van der Waals surface area contributed by atoms with Crippen LogP contribution in [0.1, 0.15) is 18.0 Å². The Hall–Kier alpha value is -1.33. The van der Waals surface area contributed by atoms with Crippen molar-refractivity contribution >= 4 is 0 Å².